The Morgan fingerprint density at radius 2 is 1.79 bits per heavy atom. The van der Waals surface area contributed by atoms with Gasteiger partial charge in [0.25, 0.3) is 0 Å². The summed E-state index contributed by atoms with van der Waals surface area (Å²) >= 11 is 0. The van der Waals surface area contributed by atoms with Gasteiger partial charge in [-0.1, -0.05) is 12.1 Å². The van der Waals surface area contributed by atoms with Crippen molar-refractivity contribution < 1.29 is 19.4 Å². The molecule has 0 aliphatic carbocycles. The maximum Gasteiger partial charge on any atom is 0.335 e. The first-order chi connectivity index (χ1) is 11.6. The minimum absolute atomic E-state index is 0.357. The lowest BCUT2D eigenvalue weighted by Gasteiger charge is -2.15. The predicted octanol–water partition coefficient (Wildman–Crippen LogP) is 2.96. The van der Waals surface area contributed by atoms with Crippen LogP contribution in [0.3, 0.4) is 0 Å². The molecule has 0 unspecified atom stereocenters. The minimum Gasteiger partial charge on any atom is -0.493 e. The molecule has 0 saturated heterocycles. The van der Waals surface area contributed by atoms with Gasteiger partial charge in [-0.25, -0.2) is 4.79 Å². The zero-order valence-corrected chi connectivity index (χ0v) is 13.9. The summed E-state index contributed by atoms with van der Waals surface area (Å²) in [6, 6.07) is 11.4. The van der Waals surface area contributed by atoms with Crippen molar-refractivity contribution in [2.75, 3.05) is 20.8 Å². The van der Waals surface area contributed by atoms with E-state index in [-0.39, 0.29) is 0 Å². The highest BCUT2D eigenvalue weighted by molar-refractivity contribution is 5.87. The summed E-state index contributed by atoms with van der Waals surface area (Å²) in [5.74, 6) is 0.600. The summed E-state index contributed by atoms with van der Waals surface area (Å²) < 4.78 is 10.6. The lowest BCUT2D eigenvalue weighted by atomic mass is 10.1. The topological polar surface area (TPSA) is 59.0 Å². The Hall–Kier alpha value is -2.53. The van der Waals surface area contributed by atoms with Crippen LogP contribution in [0.15, 0.2) is 36.4 Å². The standard InChI is InChI=1S/C19H21NO4/c1-23-17-6-3-13(9-18(17)24-2)7-8-20-11-15-5-4-14(19(21)22)10-16(15)12-20/h3-6,9-10H,7-8,11-12H2,1-2H3,(H,21,22). The molecule has 2 aromatic carbocycles. The van der Waals surface area contributed by atoms with Crippen LogP contribution in [0.4, 0.5) is 0 Å². The third-order valence-electron chi connectivity index (χ3n) is 4.41. The van der Waals surface area contributed by atoms with Crippen LogP contribution >= 0.6 is 0 Å². The maximum absolute atomic E-state index is 11.1. The van der Waals surface area contributed by atoms with Crippen molar-refractivity contribution in [2.24, 2.45) is 0 Å². The molecule has 0 saturated carbocycles. The van der Waals surface area contributed by atoms with Crippen molar-refractivity contribution >= 4 is 5.97 Å². The van der Waals surface area contributed by atoms with Crippen LogP contribution in [0, 0.1) is 0 Å². The van der Waals surface area contributed by atoms with Crippen molar-refractivity contribution in [3.05, 3.63) is 58.7 Å². The lowest BCUT2D eigenvalue weighted by Crippen LogP contribution is -2.19. The Labute approximate surface area is 141 Å². The molecule has 0 atom stereocenters. The van der Waals surface area contributed by atoms with Crippen molar-refractivity contribution in [1.82, 2.24) is 4.90 Å². The fraction of sp³-hybridized carbons (Fsp3) is 0.316. The number of fused-ring (bicyclic) bond motifs is 1. The number of carbonyl (C=O) groups is 1. The quantitative estimate of drug-likeness (QED) is 0.884. The summed E-state index contributed by atoms with van der Waals surface area (Å²) in [4.78, 5) is 13.4. The van der Waals surface area contributed by atoms with E-state index in [0.717, 1.165) is 43.1 Å². The largest absolute Gasteiger partial charge is 0.493 e. The second kappa shape index (κ2) is 6.93. The number of benzene rings is 2. The zero-order chi connectivity index (χ0) is 17.1. The molecule has 1 heterocycles. The van der Waals surface area contributed by atoms with E-state index in [0.29, 0.717) is 5.56 Å². The number of hydrogen-bond donors (Lipinski definition) is 1. The average Bonchev–Trinajstić information content (AvgIpc) is 3.01. The smallest absolute Gasteiger partial charge is 0.335 e. The molecule has 5 nitrogen and oxygen atoms in total. The number of carboxylic acid groups (broad SMARTS) is 1. The fourth-order valence-electron chi connectivity index (χ4n) is 3.08. The number of hydrogen-bond acceptors (Lipinski definition) is 4. The van der Waals surface area contributed by atoms with Crippen LogP contribution in [0.25, 0.3) is 0 Å². The van der Waals surface area contributed by atoms with E-state index in [2.05, 4.69) is 4.90 Å². The maximum atomic E-state index is 11.1. The molecule has 2 aromatic rings. The lowest BCUT2D eigenvalue weighted by molar-refractivity contribution is 0.0696. The van der Waals surface area contributed by atoms with Gasteiger partial charge in [-0.2, -0.15) is 0 Å². The third-order valence-corrected chi connectivity index (χ3v) is 4.41. The monoisotopic (exact) mass is 327 g/mol. The Morgan fingerprint density at radius 3 is 2.50 bits per heavy atom. The van der Waals surface area contributed by atoms with E-state index in [1.807, 2.05) is 24.3 Å². The third kappa shape index (κ3) is 3.36. The molecule has 1 aliphatic rings. The van der Waals surface area contributed by atoms with Crippen LogP contribution in [0.1, 0.15) is 27.0 Å². The molecule has 24 heavy (non-hydrogen) atoms. The summed E-state index contributed by atoms with van der Waals surface area (Å²) in [6.07, 6.45) is 0.903. The summed E-state index contributed by atoms with van der Waals surface area (Å²) in [5.41, 5.74) is 3.87. The first-order valence-electron chi connectivity index (χ1n) is 7.89. The molecule has 0 aromatic heterocycles. The SMILES string of the molecule is COc1ccc(CCN2Cc3ccc(C(=O)O)cc3C2)cc1OC. The number of aromatic carboxylic acids is 1. The van der Waals surface area contributed by atoms with Gasteiger partial charge < -0.3 is 14.6 Å². The fourth-order valence-corrected chi connectivity index (χ4v) is 3.08. The van der Waals surface area contributed by atoms with Gasteiger partial charge in [0.05, 0.1) is 19.8 Å². The number of rotatable bonds is 6. The number of ether oxygens (including phenoxy) is 2. The molecule has 1 aliphatic heterocycles. The molecule has 0 radical (unpaired) electrons. The Balaban J connectivity index is 1.63. The molecule has 0 amide bonds. The van der Waals surface area contributed by atoms with Crippen LogP contribution in [-0.4, -0.2) is 36.7 Å². The van der Waals surface area contributed by atoms with Gasteiger partial charge in [0, 0.05) is 19.6 Å². The van der Waals surface area contributed by atoms with Crippen molar-refractivity contribution in [1.29, 1.82) is 0 Å². The highest BCUT2D eigenvalue weighted by atomic mass is 16.5. The van der Waals surface area contributed by atoms with Gasteiger partial charge in [0.1, 0.15) is 0 Å². The van der Waals surface area contributed by atoms with Gasteiger partial charge in [-0.3, -0.25) is 4.90 Å². The second-order valence-corrected chi connectivity index (χ2v) is 5.94. The van der Waals surface area contributed by atoms with Crippen LogP contribution in [0.2, 0.25) is 0 Å². The van der Waals surface area contributed by atoms with Crippen molar-refractivity contribution in [2.45, 2.75) is 19.5 Å². The van der Waals surface area contributed by atoms with Crippen LogP contribution in [0.5, 0.6) is 11.5 Å². The van der Waals surface area contributed by atoms with E-state index in [4.69, 9.17) is 14.6 Å². The first kappa shape index (κ1) is 16.3. The summed E-state index contributed by atoms with van der Waals surface area (Å²) in [6.45, 7) is 2.57. The summed E-state index contributed by atoms with van der Waals surface area (Å²) in [5, 5.41) is 9.09. The Bertz CT molecular complexity index is 757. The molecule has 0 bridgehead atoms. The predicted molar refractivity (Wildman–Crippen MR) is 90.8 cm³/mol. The molecule has 126 valence electrons. The zero-order valence-electron chi connectivity index (χ0n) is 13.9. The average molecular weight is 327 g/mol. The molecule has 1 N–H and O–H groups in total. The van der Waals surface area contributed by atoms with E-state index in [9.17, 15) is 4.79 Å². The highest BCUT2D eigenvalue weighted by Gasteiger charge is 2.20. The van der Waals surface area contributed by atoms with Gasteiger partial charge in [-0.15, -0.1) is 0 Å². The molecular weight excluding hydrogens is 306 g/mol. The Kier molecular flexibility index (Phi) is 4.71. The van der Waals surface area contributed by atoms with E-state index in [1.165, 1.54) is 11.1 Å². The first-order valence-corrected chi connectivity index (χ1v) is 7.89. The minimum atomic E-state index is -0.874. The summed E-state index contributed by atoms with van der Waals surface area (Å²) in [7, 11) is 3.27. The van der Waals surface area contributed by atoms with Crippen molar-refractivity contribution in [3.8, 4) is 11.5 Å². The van der Waals surface area contributed by atoms with Gasteiger partial charge in [0.15, 0.2) is 11.5 Å². The van der Waals surface area contributed by atoms with Gasteiger partial charge in [0.2, 0.25) is 0 Å². The van der Waals surface area contributed by atoms with E-state index < -0.39 is 5.97 Å². The molecular formula is C19H21NO4. The normalized spacial score (nSPS) is 13.6. The van der Waals surface area contributed by atoms with E-state index >= 15 is 0 Å². The number of nitrogens with zero attached hydrogens (tertiary/aromatic N) is 1. The van der Waals surface area contributed by atoms with Crippen LogP contribution < -0.4 is 9.47 Å². The van der Waals surface area contributed by atoms with Gasteiger partial charge in [-0.05, 0) is 47.4 Å². The molecule has 0 fully saturated rings. The number of carboxylic acids is 1. The van der Waals surface area contributed by atoms with Crippen LogP contribution in [-0.2, 0) is 19.5 Å². The molecule has 0 spiro atoms. The number of methoxy groups -OCH3 is 2. The second-order valence-electron chi connectivity index (χ2n) is 5.94. The van der Waals surface area contributed by atoms with Crippen molar-refractivity contribution in [3.63, 3.8) is 0 Å². The van der Waals surface area contributed by atoms with Gasteiger partial charge >= 0.3 is 5.97 Å². The molecule has 5 heteroatoms. The molecule has 3 rings (SSSR count). The van der Waals surface area contributed by atoms with E-state index in [1.54, 1.807) is 26.4 Å². The Morgan fingerprint density at radius 1 is 1.04 bits per heavy atom. The highest BCUT2D eigenvalue weighted by Crippen LogP contribution is 2.28.